The first-order valence-electron chi connectivity index (χ1n) is 13.0. The number of carboxylic acid groups (broad SMARTS) is 1. The third-order valence-corrected chi connectivity index (χ3v) is 6.71. The average Bonchev–Trinajstić information content (AvgIpc) is 2.95. The molecular formula is C33H34N2O4. The average molecular weight is 523 g/mol. The number of aryl methyl sites for hydroxylation is 1. The number of nitrogens with zero attached hydrogens (tertiary/aromatic N) is 1. The van der Waals surface area contributed by atoms with Crippen LogP contribution in [-0.2, 0) is 24.5 Å². The van der Waals surface area contributed by atoms with Gasteiger partial charge in [-0.3, -0.25) is 9.79 Å². The Morgan fingerprint density at radius 2 is 1.67 bits per heavy atom. The zero-order valence-corrected chi connectivity index (χ0v) is 22.3. The highest BCUT2D eigenvalue weighted by Gasteiger charge is 2.14. The smallest absolute Gasteiger partial charge is 0.314 e. The van der Waals surface area contributed by atoms with Gasteiger partial charge in [0.05, 0.1) is 13.2 Å². The van der Waals surface area contributed by atoms with Gasteiger partial charge in [-0.05, 0) is 53.3 Å². The largest absolute Gasteiger partial charge is 0.488 e. The molecule has 0 aliphatic carbocycles. The fourth-order valence-corrected chi connectivity index (χ4v) is 4.39. The van der Waals surface area contributed by atoms with Crippen molar-refractivity contribution in [3.63, 3.8) is 0 Å². The van der Waals surface area contributed by atoms with Crippen molar-refractivity contribution in [2.75, 3.05) is 11.9 Å². The lowest BCUT2D eigenvalue weighted by Gasteiger charge is -2.18. The van der Waals surface area contributed by atoms with Crippen LogP contribution in [0.1, 0.15) is 27.8 Å². The summed E-state index contributed by atoms with van der Waals surface area (Å²) >= 11 is 0. The lowest BCUT2D eigenvalue weighted by atomic mass is 9.96. The number of nitrogens with one attached hydrogen (secondary N) is 1. The number of benzene rings is 4. The standard InChI is InChI=1S/C33H34N2O4/c1-23-16-28(18-34-19-29(21-36)33(37)38)32(39-22-25-10-5-3-6-11-25)17-31(23)35-20-27-14-9-15-30(24(27)2)26-12-7-4-8-13-26/h3-17,19,29,35-36H,18,20-22H2,1-2H3,(H,37,38)/b34-19+. The number of aliphatic carboxylic acids is 1. The minimum absolute atomic E-state index is 0.243. The molecule has 4 aromatic rings. The number of aliphatic imine (C=N–C) groups is 1. The van der Waals surface area contributed by atoms with E-state index in [2.05, 4.69) is 59.7 Å². The summed E-state index contributed by atoms with van der Waals surface area (Å²) in [5.41, 5.74) is 8.72. The number of carbonyl (C=O) groups is 1. The zero-order chi connectivity index (χ0) is 27.6. The van der Waals surface area contributed by atoms with E-state index < -0.39 is 18.5 Å². The second-order valence-electron chi connectivity index (χ2n) is 9.48. The highest BCUT2D eigenvalue weighted by Crippen LogP contribution is 2.30. The molecule has 6 heteroatoms. The topological polar surface area (TPSA) is 91.2 Å². The number of carboxylic acids is 1. The molecule has 0 aliphatic rings. The number of anilines is 1. The van der Waals surface area contributed by atoms with Crippen LogP contribution >= 0.6 is 0 Å². The first-order valence-corrected chi connectivity index (χ1v) is 13.0. The molecule has 0 bridgehead atoms. The van der Waals surface area contributed by atoms with Crippen LogP contribution < -0.4 is 10.1 Å². The second-order valence-corrected chi connectivity index (χ2v) is 9.48. The molecule has 39 heavy (non-hydrogen) atoms. The Kier molecular flexibility index (Phi) is 9.48. The van der Waals surface area contributed by atoms with E-state index >= 15 is 0 Å². The Balaban J connectivity index is 1.56. The molecule has 0 aliphatic heterocycles. The molecular weight excluding hydrogens is 488 g/mol. The van der Waals surface area contributed by atoms with Gasteiger partial charge in [0, 0.05) is 30.1 Å². The van der Waals surface area contributed by atoms with Crippen molar-refractivity contribution in [1.82, 2.24) is 0 Å². The molecule has 0 aromatic heterocycles. The van der Waals surface area contributed by atoms with Gasteiger partial charge in [0.1, 0.15) is 18.3 Å². The van der Waals surface area contributed by atoms with Gasteiger partial charge in [0.2, 0.25) is 0 Å². The van der Waals surface area contributed by atoms with Gasteiger partial charge < -0.3 is 20.3 Å². The highest BCUT2D eigenvalue weighted by atomic mass is 16.5. The van der Waals surface area contributed by atoms with Gasteiger partial charge in [0.15, 0.2) is 0 Å². The van der Waals surface area contributed by atoms with E-state index in [0.29, 0.717) is 18.9 Å². The van der Waals surface area contributed by atoms with Gasteiger partial charge >= 0.3 is 5.97 Å². The van der Waals surface area contributed by atoms with Gasteiger partial charge in [-0.1, -0.05) is 78.9 Å². The van der Waals surface area contributed by atoms with Crippen LogP contribution in [0.5, 0.6) is 5.75 Å². The molecule has 1 atom stereocenters. The van der Waals surface area contributed by atoms with E-state index in [1.54, 1.807) is 0 Å². The summed E-state index contributed by atoms with van der Waals surface area (Å²) in [6.45, 7) is 4.97. The van der Waals surface area contributed by atoms with Crippen molar-refractivity contribution < 1.29 is 19.7 Å². The van der Waals surface area contributed by atoms with E-state index in [1.165, 1.54) is 28.5 Å². The predicted molar refractivity (Wildman–Crippen MR) is 156 cm³/mol. The van der Waals surface area contributed by atoms with Crippen molar-refractivity contribution in [1.29, 1.82) is 0 Å². The molecule has 1 unspecified atom stereocenters. The van der Waals surface area contributed by atoms with E-state index in [0.717, 1.165) is 22.4 Å². The molecule has 0 fully saturated rings. The fourth-order valence-electron chi connectivity index (χ4n) is 4.39. The first-order chi connectivity index (χ1) is 19.0. The molecule has 0 radical (unpaired) electrons. The Labute approximate surface area is 229 Å². The Morgan fingerprint density at radius 3 is 2.36 bits per heavy atom. The third kappa shape index (κ3) is 7.33. The summed E-state index contributed by atoms with van der Waals surface area (Å²) in [5, 5.41) is 22.1. The fraction of sp³-hybridized carbons (Fsp3) is 0.212. The number of hydrogen-bond acceptors (Lipinski definition) is 5. The van der Waals surface area contributed by atoms with Crippen molar-refractivity contribution in [3.8, 4) is 16.9 Å². The van der Waals surface area contributed by atoms with Crippen LogP contribution in [0.2, 0.25) is 0 Å². The van der Waals surface area contributed by atoms with Crippen molar-refractivity contribution in [3.05, 3.63) is 119 Å². The van der Waals surface area contributed by atoms with Crippen LogP contribution in [-0.4, -0.2) is 29.0 Å². The molecule has 4 rings (SSSR count). The van der Waals surface area contributed by atoms with Crippen LogP contribution in [0.4, 0.5) is 5.69 Å². The van der Waals surface area contributed by atoms with Crippen LogP contribution in [0.3, 0.4) is 0 Å². The maximum absolute atomic E-state index is 11.2. The van der Waals surface area contributed by atoms with Crippen molar-refractivity contribution in [2.24, 2.45) is 10.9 Å². The van der Waals surface area contributed by atoms with E-state index in [1.807, 2.05) is 55.5 Å². The van der Waals surface area contributed by atoms with E-state index in [9.17, 15) is 15.0 Å². The Hall–Kier alpha value is -4.42. The van der Waals surface area contributed by atoms with Crippen molar-refractivity contribution in [2.45, 2.75) is 33.5 Å². The maximum Gasteiger partial charge on any atom is 0.314 e. The monoisotopic (exact) mass is 522 g/mol. The molecule has 200 valence electrons. The molecule has 0 saturated heterocycles. The Morgan fingerprint density at radius 1 is 0.949 bits per heavy atom. The van der Waals surface area contributed by atoms with Gasteiger partial charge in [-0.2, -0.15) is 0 Å². The minimum Gasteiger partial charge on any atom is -0.488 e. The molecule has 0 heterocycles. The SMILES string of the molecule is Cc1cc(C/N=C/C(CO)C(=O)O)c(OCc2ccccc2)cc1NCc1cccc(-c2ccccc2)c1C. The Bertz CT molecular complexity index is 1420. The molecule has 6 nitrogen and oxygen atoms in total. The number of rotatable bonds is 12. The minimum atomic E-state index is -1.11. The normalized spacial score (nSPS) is 11.9. The third-order valence-electron chi connectivity index (χ3n) is 6.71. The lowest BCUT2D eigenvalue weighted by molar-refractivity contribution is -0.140. The van der Waals surface area contributed by atoms with Crippen LogP contribution in [0, 0.1) is 19.8 Å². The summed E-state index contributed by atoms with van der Waals surface area (Å²) in [6, 6.07) is 30.7. The van der Waals surface area contributed by atoms with Gasteiger partial charge in [0.25, 0.3) is 0 Å². The molecule has 0 spiro atoms. The van der Waals surface area contributed by atoms with Crippen LogP contribution in [0.15, 0.2) is 96.0 Å². The highest BCUT2D eigenvalue weighted by molar-refractivity contribution is 5.88. The van der Waals surface area contributed by atoms with Crippen molar-refractivity contribution >= 4 is 17.9 Å². The summed E-state index contributed by atoms with van der Waals surface area (Å²) < 4.78 is 6.22. The number of aliphatic hydroxyl groups excluding tert-OH is 1. The number of ether oxygens (including phenoxy) is 1. The lowest BCUT2D eigenvalue weighted by Crippen LogP contribution is -2.19. The molecule has 0 saturated carbocycles. The first kappa shape index (κ1) is 27.6. The molecule has 3 N–H and O–H groups in total. The summed E-state index contributed by atoms with van der Waals surface area (Å²) in [4.78, 5) is 15.5. The van der Waals surface area contributed by atoms with Crippen LogP contribution in [0.25, 0.3) is 11.1 Å². The van der Waals surface area contributed by atoms with Gasteiger partial charge in [-0.25, -0.2) is 0 Å². The summed E-state index contributed by atoms with van der Waals surface area (Å²) in [5.74, 6) is -1.46. The summed E-state index contributed by atoms with van der Waals surface area (Å²) in [7, 11) is 0. The maximum atomic E-state index is 11.2. The van der Waals surface area contributed by atoms with Gasteiger partial charge in [-0.15, -0.1) is 0 Å². The second kappa shape index (κ2) is 13.4. The van der Waals surface area contributed by atoms with E-state index in [4.69, 9.17) is 4.74 Å². The number of hydrogen-bond donors (Lipinski definition) is 3. The quantitative estimate of drug-likeness (QED) is 0.187. The zero-order valence-electron chi connectivity index (χ0n) is 22.3. The molecule has 4 aromatic carbocycles. The van der Waals surface area contributed by atoms with E-state index in [-0.39, 0.29) is 6.54 Å². The summed E-state index contributed by atoms with van der Waals surface area (Å²) in [6.07, 6.45) is 1.29. The predicted octanol–water partition coefficient (Wildman–Crippen LogP) is 6.43. The number of aliphatic hydroxyl groups is 1. The molecule has 0 amide bonds.